The van der Waals surface area contributed by atoms with Crippen molar-refractivity contribution in [2.45, 2.75) is 26.2 Å². The average Bonchev–Trinajstić information content (AvgIpc) is 2.76. The van der Waals surface area contributed by atoms with E-state index in [1.54, 1.807) is 0 Å². The van der Waals surface area contributed by atoms with Crippen LogP contribution in [0.5, 0.6) is 11.5 Å². The van der Waals surface area contributed by atoms with Crippen LogP contribution < -0.4 is 15.4 Å². The quantitative estimate of drug-likeness (QED) is 0.498. The molecule has 2 N–H and O–H groups in total. The number of nitrogens with zero attached hydrogens (tertiary/aromatic N) is 1. The molecule has 3 aromatic rings. The number of para-hydroxylation sites is 1. The van der Waals surface area contributed by atoms with Gasteiger partial charge in [-0.2, -0.15) is 0 Å². The maximum atomic E-state index is 12.6. The molecule has 166 valence electrons. The number of fused-ring (bicyclic) bond motifs is 1. The number of anilines is 2. The SMILES string of the molecule is Cc1cc(NC(=O)Nc2ccc(Oc3ccccc3)cc2)cc2c1CC(CN(C)C)CC2. The van der Waals surface area contributed by atoms with Crippen LogP contribution in [-0.4, -0.2) is 31.6 Å². The van der Waals surface area contributed by atoms with Crippen LogP contribution in [0.2, 0.25) is 0 Å². The third-order valence-corrected chi connectivity index (χ3v) is 5.85. The van der Waals surface area contributed by atoms with Crippen LogP contribution in [-0.2, 0) is 12.8 Å². The van der Waals surface area contributed by atoms with Crippen LogP contribution in [0.4, 0.5) is 16.2 Å². The summed E-state index contributed by atoms with van der Waals surface area (Å²) in [4.78, 5) is 14.8. The Bertz CT molecular complexity index is 1060. The van der Waals surface area contributed by atoms with Gasteiger partial charge in [0, 0.05) is 17.9 Å². The zero-order valence-electron chi connectivity index (χ0n) is 19.0. The van der Waals surface area contributed by atoms with E-state index in [0.29, 0.717) is 11.6 Å². The maximum Gasteiger partial charge on any atom is 0.323 e. The number of aryl methyl sites for hydroxylation is 2. The first-order chi connectivity index (χ1) is 15.5. The van der Waals surface area contributed by atoms with Gasteiger partial charge in [0.1, 0.15) is 11.5 Å². The van der Waals surface area contributed by atoms with Gasteiger partial charge in [0.05, 0.1) is 0 Å². The highest BCUT2D eigenvalue weighted by molar-refractivity contribution is 5.99. The highest BCUT2D eigenvalue weighted by atomic mass is 16.5. The fourth-order valence-electron chi connectivity index (χ4n) is 4.42. The molecule has 1 aliphatic rings. The Balaban J connectivity index is 1.36. The molecule has 0 aliphatic heterocycles. The van der Waals surface area contributed by atoms with Crippen molar-refractivity contribution in [2.75, 3.05) is 31.3 Å². The summed E-state index contributed by atoms with van der Waals surface area (Å²) in [6.45, 7) is 3.27. The number of carbonyl (C=O) groups excluding carboxylic acids is 1. The van der Waals surface area contributed by atoms with Gasteiger partial charge in [0.25, 0.3) is 0 Å². The molecule has 0 spiro atoms. The molecule has 32 heavy (non-hydrogen) atoms. The van der Waals surface area contributed by atoms with Crippen molar-refractivity contribution >= 4 is 17.4 Å². The van der Waals surface area contributed by atoms with E-state index in [9.17, 15) is 4.79 Å². The Morgan fingerprint density at radius 2 is 1.66 bits per heavy atom. The van der Waals surface area contributed by atoms with E-state index in [2.05, 4.69) is 48.7 Å². The maximum absolute atomic E-state index is 12.6. The second kappa shape index (κ2) is 9.88. The van der Waals surface area contributed by atoms with Gasteiger partial charge in [-0.05, 0) is 111 Å². The summed E-state index contributed by atoms with van der Waals surface area (Å²) >= 11 is 0. The van der Waals surface area contributed by atoms with E-state index < -0.39 is 0 Å². The molecular weight excluding hydrogens is 398 g/mol. The van der Waals surface area contributed by atoms with Crippen molar-refractivity contribution in [2.24, 2.45) is 5.92 Å². The van der Waals surface area contributed by atoms with Crippen molar-refractivity contribution < 1.29 is 9.53 Å². The highest BCUT2D eigenvalue weighted by Gasteiger charge is 2.21. The number of ether oxygens (including phenoxy) is 1. The van der Waals surface area contributed by atoms with Gasteiger partial charge in [-0.3, -0.25) is 0 Å². The largest absolute Gasteiger partial charge is 0.457 e. The molecule has 0 heterocycles. The Kier molecular flexibility index (Phi) is 6.76. The van der Waals surface area contributed by atoms with Crippen molar-refractivity contribution in [1.82, 2.24) is 4.90 Å². The number of rotatable bonds is 6. The Morgan fingerprint density at radius 1 is 0.969 bits per heavy atom. The van der Waals surface area contributed by atoms with Crippen LogP contribution in [0.15, 0.2) is 66.7 Å². The lowest BCUT2D eigenvalue weighted by molar-refractivity contribution is 0.262. The second-order valence-corrected chi connectivity index (χ2v) is 8.82. The first-order valence-corrected chi connectivity index (χ1v) is 11.1. The first-order valence-electron chi connectivity index (χ1n) is 11.1. The lowest BCUT2D eigenvalue weighted by Crippen LogP contribution is -2.27. The molecule has 0 fully saturated rings. The molecule has 1 atom stereocenters. The predicted octanol–water partition coefficient (Wildman–Crippen LogP) is 6.10. The molecule has 0 saturated carbocycles. The molecule has 5 heteroatoms. The van der Waals surface area contributed by atoms with Gasteiger partial charge < -0.3 is 20.3 Å². The topological polar surface area (TPSA) is 53.6 Å². The van der Waals surface area contributed by atoms with Crippen LogP contribution in [0, 0.1) is 12.8 Å². The number of carbonyl (C=O) groups is 1. The summed E-state index contributed by atoms with van der Waals surface area (Å²) in [7, 11) is 4.27. The number of amides is 2. The van der Waals surface area contributed by atoms with Crippen molar-refractivity contribution in [3.05, 3.63) is 83.4 Å². The number of nitrogens with one attached hydrogen (secondary N) is 2. The third-order valence-electron chi connectivity index (χ3n) is 5.85. The van der Waals surface area contributed by atoms with E-state index in [1.807, 2.05) is 54.6 Å². The smallest absolute Gasteiger partial charge is 0.323 e. The molecule has 1 unspecified atom stereocenters. The summed E-state index contributed by atoms with van der Waals surface area (Å²) < 4.78 is 5.80. The second-order valence-electron chi connectivity index (χ2n) is 8.82. The third kappa shape index (κ3) is 5.68. The normalized spacial score (nSPS) is 15.2. The average molecular weight is 430 g/mol. The van der Waals surface area contributed by atoms with E-state index in [1.165, 1.54) is 23.1 Å². The zero-order valence-corrected chi connectivity index (χ0v) is 19.0. The zero-order chi connectivity index (χ0) is 22.5. The number of benzene rings is 3. The summed E-state index contributed by atoms with van der Waals surface area (Å²) in [6.07, 6.45) is 3.37. The van der Waals surface area contributed by atoms with Gasteiger partial charge in [-0.1, -0.05) is 18.2 Å². The standard InChI is InChI=1S/C27H31N3O2/c1-19-15-23(17-21-10-9-20(16-26(19)21)18-30(2)3)29-27(31)28-22-11-13-25(14-12-22)32-24-7-5-4-6-8-24/h4-8,11-15,17,20H,9-10,16,18H2,1-3H3,(H2,28,29,31). The van der Waals surface area contributed by atoms with Gasteiger partial charge >= 0.3 is 6.03 Å². The molecule has 0 bridgehead atoms. The monoisotopic (exact) mass is 429 g/mol. The number of hydrogen-bond acceptors (Lipinski definition) is 3. The minimum atomic E-state index is -0.248. The fourth-order valence-corrected chi connectivity index (χ4v) is 4.42. The van der Waals surface area contributed by atoms with Gasteiger partial charge in [-0.15, -0.1) is 0 Å². The van der Waals surface area contributed by atoms with E-state index in [4.69, 9.17) is 4.74 Å². The minimum absolute atomic E-state index is 0.248. The number of hydrogen-bond donors (Lipinski definition) is 2. The predicted molar refractivity (Wildman–Crippen MR) is 131 cm³/mol. The van der Waals surface area contributed by atoms with E-state index in [-0.39, 0.29) is 6.03 Å². The van der Waals surface area contributed by atoms with Gasteiger partial charge in [-0.25, -0.2) is 4.79 Å². The minimum Gasteiger partial charge on any atom is -0.457 e. The van der Waals surface area contributed by atoms with Crippen LogP contribution in [0.25, 0.3) is 0 Å². The molecule has 2 amide bonds. The lowest BCUT2D eigenvalue weighted by atomic mass is 9.81. The molecule has 1 aliphatic carbocycles. The van der Waals surface area contributed by atoms with Crippen LogP contribution in [0.1, 0.15) is 23.1 Å². The summed E-state index contributed by atoms with van der Waals surface area (Å²) in [5.41, 5.74) is 5.61. The van der Waals surface area contributed by atoms with Crippen LogP contribution in [0.3, 0.4) is 0 Å². The van der Waals surface area contributed by atoms with Crippen molar-refractivity contribution in [3.8, 4) is 11.5 Å². The summed E-state index contributed by atoms with van der Waals surface area (Å²) in [6, 6.07) is 20.9. The summed E-state index contributed by atoms with van der Waals surface area (Å²) in [5, 5.41) is 5.89. The Hall–Kier alpha value is -3.31. The fraction of sp³-hybridized carbons (Fsp3) is 0.296. The van der Waals surface area contributed by atoms with Gasteiger partial charge in [0.2, 0.25) is 0 Å². The van der Waals surface area contributed by atoms with Crippen molar-refractivity contribution in [1.29, 1.82) is 0 Å². The molecule has 3 aromatic carbocycles. The van der Waals surface area contributed by atoms with Gasteiger partial charge in [0.15, 0.2) is 0 Å². The molecule has 0 saturated heterocycles. The number of urea groups is 1. The van der Waals surface area contributed by atoms with Crippen LogP contribution >= 0.6 is 0 Å². The molecule has 0 aromatic heterocycles. The first kappa shape index (κ1) is 21.9. The Labute approximate surface area is 190 Å². The molecule has 4 rings (SSSR count). The Morgan fingerprint density at radius 3 is 2.38 bits per heavy atom. The van der Waals surface area contributed by atoms with E-state index in [0.717, 1.165) is 36.6 Å². The van der Waals surface area contributed by atoms with Crippen molar-refractivity contribution in [3.63, 3.8) is 0 Å². The molecule has 0 radical (unpaired) electrons. The highest BCUT2D eigenvalue weighted by Crippen LogP contribution is 2.31. The lowest BCUT2D eigenvalue weighted by Gasteiger charge is -2.28. The molecule has 5 nitrogen and oxygen atoms in total. The molecular formula is C27H31N3O2. The van der Waals surface area contributed by atoms with E-state index >= 15 is 0 Å². The summed E-state index contributed by atoms with van der Waals surface area (Å²) in [5.74, 6) is 2.20.